The molecule has 0 saturated heterocycles. The summed E-state index contributed by atoms with van der Waals surface area (Å²) in [5.74, 6) is 1.49. The van der Waals surface area contributed by atoms with Crippen molar-refractivity contribution in [3.05, 3.63) is 0 Å². The molecule has 0 aromatic heterocycles. The first kappa shape index (κ1) is 22.9. The largest absolute Gasteiger partial charge is 0.414 e. The summed E-state index contributed by atoms with van der Waals surface area (Å²) in [6, 6.07) is 0. The fraction of sp³-hybridized carbons (Fsp3) is 1.00. The minimum atomic E-state index is -4.53. The number of aliphatic hydroxyl groups excluding tert-OH is 1. The first-order chi connectivity index (χ1) is 13.9. The molecule has 0 amide bonds. The molecule has 4 rings (SSSR count). The molecule has 0 radical (unpaired) electrons. The molecule has 4 aliphatic carbocycles. The Morgan fingerprint density at radius 3 is 2.23 bits per heavy atom. The number of alkyl halides is 3. The summed E-state index contributed by atoms with van der Waals surface area (Å²) in [7, 11) is 0. The van der Waals surface area contributed by atoms with Gasteiger partial charge in [-0.2, -0.15) is 13.2 Å². The lowest BCUT2D eigenvalue weighted by Crippen LogP contribution is -2.56. The minimum absolute atomic E-state index is 0.0536. The number of halogens is 3. The molecule has 4 aliphatic rings. The van der Waals surface area contributed by atoms with Gasteiger partial charge in [-0.3, -0.25) is 0 Å². The zero-order chi connectivity index (χ0) is 22.1. The van der Waals surface area contributed by atoms with E-state index in [0.29, 0.717) is 23.7 Å². The van der Waals surface area contributed by atoms with Crippen LogP contribution in [0.15, 0.2) is 0 Å². The van der Waals surface area contributed by atoms with Gasteiger partial charge in [-0.15, -0.1) is 0 Å². The molecule has 0 aromatic carbocycles. The summed E-state index contributed by atoms with van der Waals surface area (Å²) in [5, 5.41) is 20.9. The molecule has 0 bridgehead atoms. The quantitative estimate of drug-likeness (QED) is 0.548. The number of rotatable bonds is 3. The summed E-state index contributed by atoms with van der Waals surface area (Å²) in [6.45, 7) is 8.40. The van der Waals surface area contributed by atoms with Gasteiger partial charge in [0.15, 0.2) is 6.10 Å². The topological polar surface area (TPSA) is 40.5 Å². The Labute approximate surface area is 180 Å². The van der Waals surface area contributed by atoms with E-state index in [4.69, 9.17) is 0 Å². The van der Waals surface area contributed by atoms with E-state index in [1.807, 2.05) is 0 Å². The monoisotopic (exact) mass is 430 g/mol. The van der Waals surface area contributed by atoms with Crippen molar-refractivity contribution in [2.75, 3.05) is 0 Å². The van der Waals surface area contributed by atoms with Crippen LogP contribution in [-0.4, -0.2) is 28.1 Å². The van der Waals surface area contributed by atoms with Crippen LogP contribution in [0.25, 0.3) is 0 Å². The lowest BCUT2D eigenvalue weighted by molar-refractivity contribution is -0.228. The maximum Gasteiger partial charge on any atom is 0.414 e. The van der Waals surface area contributed by atoms with E-state index in [2.05, 4.69) is 20.8 Å². The summed E-state index contributed by atoms with van der Waals surface area (Å²) >= 11 is 0. The second kappa shape index (κ2) is 7.37. The standard InChI is InChI=1S/C25H41F3O2/c1-5-24(30)13-12-22(3)16(14-24)6-7-17-19-9-8-18(15(2)21(29)25(26,27)28)23(19,4)11-10-20(17)22/h15-21,29-30H,5-14H2,1-4H3/t15-,16-,17?,18+,19-,20-,21?,22?,23+,24-/m0/s1. The normalized spacial score (nSPS) is 50.9. The van der Waals surface area contributed by atoms with Crippen LogP contribution in [0.5, 0.6) is 0 Å². The van der Waals surface area contributed by atoms with Gasteiger partial charge in [0, 0.05) is 0 Å². The molecule has 0 aromatic rings. The van der Waals surface area contributed by atoms with Crippen molar-refractivity contribution in [3.63, 3.8) is 0 Å². The smallest absolute Gasteiger partial charge is 0.390 e. The molecule has 4 saturated carbocycles. The van der Waals surface area contributed by atoms with E-state index in [1.165, 1.54) is 0 Å². The summed E-state index contributed by atoms with van der Waals surface area (Å²) in [6.07, 6.45) is 3.19. The Morgan fingerprint density at radius 2 is 1.60 bits per heavy atom. The summed E-state index contributed by atoms with van der Waals surface area (Å²) in [5.41, 5.74) is -0.322. The maximum atomic E-state index is 13.2. The molecule has 0 heterocycles. The van der Waals surface area contributed by atoms with Crippen LogP contribution in [0.4, 0.5) is 13.2 Å². The Bertz CT molecular complexity index is 651. The van der Waals surface area contributed by atoms with Crippen molar-refractivity contribution in [1.29, 1.82) is 0 Å². The van der Waals surface area contributed by atoms with Gasteiger partial charge >= 0.3 is 6.18 Å². The SMILES string of the molecule is CC[C@]1(O)CCC2(C)[C@@H](CCC3[C@@H]2CC[C@]2(C)[C@@H]([C@H](C)C(O)C(F)(F)F)CC[C@@H]32)C1. The fourth-order valence-corrected chi connectivity index (χ4v) is 9.07. The van der Waals surface area contributed by atoms with Crippen molar-refractivity contribution in [2.24, 2.45) is 46.3 Å². The van der Waals surface area contributed by atoms with Crippen LogP contribution in [0.2, 0.25) is 0 Å². The Balaban J connectivity index is 1.54. The van der Waals surface area contributed by atoms with E-state index in [1.54, 1.807) is 6.92 Å². The molecule has 3 unspecified atom stereocenters. The predicted octanol–water partition coefficient (Wildman–Crippen LogP) is 6.35. The molecular formula is C25H41F3O2. The third-order valence-electron chi connectivity index (χ3n) is 11.0. The van der Waals surface area contributed by atoms with Crippen LogP contribution in [0.1, 0.15) is 91.9 Å². The van der Waals surface area contributed by atoms with Gasteiger partial charge in [-0.05, 0) is 111 Å². The van der Waals surface area contributed by atoms with Gasteiger partial charge in [0.25, 0.3) is 0 Å². The molecule has 0 aliphatic heterocycles. The fourth-order valence-electron chi connectivity index (χ4n) is 9.07. The number of hydrogen-bond acceptors (Lipinski definition) is 2. The molecule has 2 nitrogen and oxygen atoms in total. The highest BCUT2D eigenvalue weighted by molar-refractivity contribution is 5.11. The zero-order valence-electron chi connectivity index (χ0n) is 19.1. The predicted molar refractivity (Wildman–Crippen MR) is 112 cm³/mol. The minimum Gasteiger partial charge on any atom is -0.390 e. The third kappa shape index (κ3) is 3.36. The lowest BCUT2D eigenvalue weighted by Gasteiger charge is -2.62. The van der Waals surface area contributed by atoms with Gasteiger partial charge in [0.1, 0.15) is 0 Å². The van der Waals surface area contributed by atoms with Crippen molar-refractivity contribution >= 4 is 0 Å². The average molecular weight is 431 g/mol. The van der Waals surface area contributed by atoms with Gasteiger partial charge in [-0.1, -0.05) is 27.7 Å². The van der Waals surface area contributed by atoms with Crippen molar-refractivity contribution < 1.29 is 23.4 Å². The molecule has 4 fully saturated rings. The molecule has 5 heteroatoms. The van der Waals surface area contributed by atoms with Gasteiger partial charge < -0.3 is 10.2 Å². The van der Waals surface area contributed by atoms with Crippen LogP contribution >= 0.6 is 0 Å². The molecule has 30 heavy (non-hydrogen) atoms. The number of hydrogen-bond donors (Lipinski definition) is 2. The molecular weight excluding hydrogens is 389 g/mol. The van der Waals surface area contributed by atoms with E-state index < -0.39 is 23.8 Å². The number of aliphatic hydroxyl groups is 2. The molecule has 10 atom stereocenters. The van der Waals surface area contributed by atoms with Crippen molar-refractivity contribution in [3.8, 4) is 0 Å². The van der Waals surface area contributed by atoms with E-state index >= 15 is 0 Å². The Kier molecular flexibility index (Phi) is 5.62. The van der Waals surface area contributed by atoms with Crippen LogP contribution in [0.3, 0.4) is 0 Å². The van der Waals surface area contributed by atoms with Gasteiger partial charge in [0.05, 0.1) is 5.60 Å². The van der Waals surface area contributed by atoms with Crippen LogP contribution < -0.4 is 0 Å². The van der Waals surface area contributed by atoms with Crippen molar-refractivity contribution in [2.45, 2.75) is 110 Å². The highest BCUT2D eigenvalue weighted by Crippen LogP contribution is 2.69. The molecule has 174 valence electrons. The average Bonchev–Trinajstić information content (AvgIpc) is 3.04. The second-order valence-corrected chi connectivity index (χ2v) is 12.0. The lowest BCUT2D eigenvalue weighted by atomic mass is 9.43. The summed E-state index contributed by atoms with van der Waals surface area (Å²) < 4.78 is 39.7. The Hall–Kier alpha value is -0.290. The first-order valence-electron chi connectivity index (χ1n) is 12.3. The maximum absolute atomic E-state index is 13.2. The zero-order valence-corrected chi connectivity index (χ0v) is 19.1. The van der Waals surface area contributed by atoms with Crippen LogP contribution in [0, 0.1) is 46.3 Å². The Morgan fingerprint density at radius 1 is 0.933 bits per heavy atom. The van der Waals surface area contributed by atoms with Crippen molar-refractivity contribution in [1.82, 2.24) is 0 Å². The second-order valence-electron chi connectivity index (χ2n) is 12.0. The van der Waals surface area contributed by atoms with Gasteiger partial charge in [0.2, 0.25) is 0 Å². The molecule has 0 spiro atoms. The van der Waals surface area contributed by atoms with Crippen LogP contribution in [-0.2, 0) is 0 Å². The summed E-state index contributed by atoms with van der Waals surface area (Å²) in [4.78, 5) is 0. The third-order valence-corrected chi connectivity index (χ3v) is 11.0. The highest BCUT2D eigenvalue weighted by atomic mass is 19.4. The van der Waals surface area contributed by atoms with Gasteiger partial charge in [-0.25, -0.2) is 0 Å². The highest BCUT2D eigenvalue weighted by Gasteiger charge is 2.62. The molecule has 2 N–H and O–H groups in total. The van der Waals surface area contributed by atoms with E-state index in [-0.39, 0.29) is 16.7 Å². The first-order valence-corrected chi connectivity index (χ1v) is 12.3. The number of fused-ring (bicyclic) bond motifs is 5. The van der Waals surface area contributed by atoms with E-state index in [0.717, 1.165) is 64.2 Å². The van der Waals surface area contributed by atoms with E-state index in [9.17, 15) is 23.4 Å².